The molecule has 194 valence electrons. The summed E-state index contributed by atoms with van der Waals surface area (Å²) in [5.74, 6) is -3.21. The van der Waals surface area contributed by atoms with Crippen LogP contribution in [0.3, 0.4) is 0 Å². The van der Waals surface area contributed by atoms with Crippen molar-refractivity contribution in [3.8, 4) is 0 Å². The number of hydrogen-bond acceptors (Lipinski definition) is 5. The van der Waals surface area contributed by atoms with Gasteiger partial charge in [0.1, 0.15) is 16.9 Å². The van der Waals surface area contributed by atoms with Gasteiger partial charge in [-0.3, -0.25) is 24.6 Å². The smallest absolute Gasteiger partial charge is 0.325 e. The Hall–Kier alpha value is -3.91. The molecule has 2 amide bonds. The number of aromatic nitrogens is 1. The van der Waals surface area contributed by atoms with Crippen LogP contribution in [0.25, 0.3) is 21.9 Å². The maximum absolute atomic E-state index is 14.1. The highest BCUT2D eigenvalue weighted by Crippen LogP contribution is 2.52. The molecule has 7 rings (SSSR count). The molecule has 2 saturated heterocycles. The number of carbonyl (C=O) groups excluding carboxylic acids is 2. The molecule has 38 heavy (non-hydrogen) atoms. The van der Waals surface area contributed by atoms with E-state index in [1.165, 1.54) is 4.90 Å². The Morgan fingerprint density at radius 3 is 2.58 bits per heavy atom. The fourth-order valence-corrected chi connectivity index (χ4v) is 7.14. The summed E-state index contributed by atoms with van der Waals surface area (Å²) in [7, 11) is 0. The number of rotatable bonds is 5. The van der Waals surface area contributed by atoms with Crippen molar-refractivity contribution in [1.82, 2.24) is 15.2 Å². The lowest BCUT2D eigenvalue weighted by atomic mass is 9.76. The highest BCUT2D eigenvalue weighted by atomic mass is 16.4. The van der Waals surface area contributed by atoms with Gasteiger partial charge in [0.05, 0.1) is 17.9 Å². The van der Waals surface area contributed by atoms with Gasteiger partial charge in [0, 0.05) is 34.9 Å². The molecule has 4 heterocycles. The number of aromatic amines is 1. The first kappa shape index (κ1) is 23.2. The Morgan fingerprint density at radius 1 is 1.03 bits per heavy atom. The molecule has 4 atom stereocenters. The van der Waals surface area contributed by atoms with Gasteiger partial charge in [0.25, 0.3) is 0 Å². The van der Waals surface area contributed by atoms with E-state index in [4.69, 9.17) is 4.42 Å². The predicted molar refractivity (Wildman–Crippen MR) is 140 cm³/mol. The number of nitrogens with one attached hydrogen (secondary N) is 2. The zero-order valence-corrected chi connectivity index (χ0v) is 20.9. The fraction of sp³-hybridized carbons (Fsp3) is 0.367. The van der Waals surface area contributed by atoms with Crippen molar-refractivity contribution in [3.63, 3.8) is 0 Å². The molecule has 0 spiro atoms. The number of furan rings is 1. The van der Waals surface area contributed by atoms with E-state index in [0.717, 1.165) is 54.0 Å². The van der Waals surface area contributed by atoms with Gasteiger partial charge in [-0.05, 0) is 36.6 Å². The first-order valence-electron chi connectivity index (χ1n) is 13.4. The number of amides is 2. The highest BCUT2D eigenvalue weighted by molar-refractivity contribution is 6.10. The molecule has 4 aromatic rings. The number of carboxylic acid groups (broad SMARTS) is 1. The topological polar surface area (TPSA) is 116 Å². The number of H-pyrrole nitrogens is 1. The zero-order chi connectivity index (χ0) is 26.0. The quantitative estimate of drug-likeness (QED) is 0.339. The molecule has 3 fully saturated rings. The molecular formula is C30H29N3O5. The molecule has 2 aromatic carbocycles. The second kappa shape index (κ2) is 8.56. The number of nitrogens with zero attached hydrogens (tertiary/aromatic N) is 1. The van der Waals surface area contributed by atoms with Gasteiger partial charge >= 0.3 is 5.97 Å². The number of aliphatic carboxylic acids is 1. The molecule has 3 aliphatic rings. The van der Waals surface area contributed by atoms with E-state index >= 15 is 0 Å². The van der Waals surface area contributed by atoms with Crippen LogP contribution >= 0.6 is 0 Å². The third-order valence-corrected chi connectivity index (χ3v) is 8.91. The fourth-order valence-electron chi connectivity index (χ4n) is 7.14. The van der Waals surface area contributed by atoms with Crippen molar-refractivity contribution in [2.24, 2.45) is 11.8 Å². The average molecular weight is 512 g/mol. The molecule has 2 aromatic heterocycles. The van der Waals surface area contributed by atoms with Crippen LogP contribution in [0.15, 0.2) is 65.2 Å². The van der Waals surface area contributed by atoms with Crippen LogP contribution in [0.4, 0.5) is 0 Å². The van der Waals surface area contributed by atoms with Crippen molar-refractivity contribution >= 4 is 39.7 Å². The summed E-state index contributed by atoms with van der Waals surface area (Å²) in [6, 6.07) is 16.2. The number of carbonyl (C=O) groups is 3. The first-order chi connectivity index (χ1) is 18.5. The minimum atomic E-state index is -1.67. The van der Waals surface area contributed by atoms with Crippen LogP contribution in [0.1, 0.15) is 49.5 Å². The van der Waals surface area contributed by atoms with E-state index in [0.29, 0.717) is 11.3 Å². The Morgan fingerprint density at radius 2 is 1.79 bits per heavy atom. The van der Waals surface area contributed by atoms with Gasteiger partial charge in [-0.15, -0.1) is 0 Å². The van der Waals surface area contributed by atoms with Gasteiger partial charge in [-0.2, -0.15) is 0 Å². The molecule has 8 nitrogen and oxygen atoms in total. The van der Waals surface area contributed by atoms with E-state index in [1.54, 1.807) is 6.20 Å². The predicted octanol–water partition coefficient (Wildman–Crippen LogP) is 4.56. The van der Waals surface area contributed by atoms with Crippen molar-refractivity contribution in [2.75, 3.05) is 0 Å². The summed E-state index contributed by atoms with van der Waals surface area (Å²) in [5.41, 5.74) is 0.668. The van der Waals surface area contributed by atoms with Gasteiger partial charge < -0.3 is 14.5 Å². The van der Waals surface area contributed by atoms with Gasteiger partial charge in [-0.1, -0.05) is 55.7 Å². The highest BCUT2D eigenvalue weighted by Gasteiger charge is 2.69. The van der Waals surface area contributed by atoms with Crippen LogP contribution in [-0.2, 0) is 20.8 Å². The molecule has 0 bridgehead atoms. The summed E-state index contributed by atoms with van der Waals surface area (Å²) in [5, 5.41) is 15.9. The second-order valence-corrected chi connectivity index (χ2v) is 11.0. The molecule has 1 aliphatic carbocycles. The van der Waals surface area contributed by atoms with E-state index in [-0.39, 0.29) is 24.3 Å². The summed E-state index contributed by atoms with van der Waals surface area (Å²) >= 11 is 0. The third-order valence-electron chi connectivity index (χ3n) is 8.91. The van der Waals surface area contributed by atoms with Crippen LogP contribution < -0.4 is 5.32 Å². The Kier molecular flexibility index (Phi) is 5.23. The summed E-state index contributed by atoms with van der Waals surface area (Å²) < 4.78 is 6.16. The maximum Gasteiger partial charge on any atom is 0.325 e. The van der Waals surface area contributed by atoms with Gasteiger partial charge in [-0.25, -0.2) is 0 Å². The van der Waals surface area contributed by atoms with E-state index in [1.807, 2.05) is 54.6 Å². The average Bonchev–Trinajstić information content (AvgIpc) is 3.68. The third kappa shape index (κ3) is 3.29. The second-order valence-electron chi connectivity index (χ2n) is 11.0. The molecule has 3 N–H and O–H groups in total. The Bertz CT molecular complexity index is 1550. The minimum Gasteiger partial charge on any atom is -0.480 e. The summed E-state index contributed by atoms with van der Waals surface area (Å²) in [4.78, 5) is 46.0. The van der Waals surface area contributed by atoms with Crippen LogP contribution in [0.5, 0.6) is 0 Å². The van der Waals surface area contributed by atoms with Gasteiger partial charge in [0.2, 0.25) is 11.8 Å². The summed E-state index contributed by atoms with van der Waals surface area (Å²) in [6.07, 6.45) is 6.40. The molecule has 0 radical (unpaired) electrons. The Labute approximate surface area is 219 Å². The SMILES string of the molecule is O=C1C2C(c3cc4ccccc4o3)NC(Cc3c[nH]c4ccccc34)(C(=O)O)C2C(=O)N1C1CCCCC1. The van der Waals surface area contributed by atoms with Crippen molar-refractivity contribution in [2.45, 2.75) is 56.1 Å². The normalized spacial score (nSPS) is 28.0. The van der Waals surface area contributed by atoms with Crippen LogP contribution in [-0.4, -0.2) is 44.4 Å². The molecular weight excluding hydrogens is 482 g/mol. The van der Waals surface area contributed by atoms with Crippen molar-refractivity contribution in [3.05, 3.63) is 72.1 Å². The van der Waals surface area contributed by atoms with Crippen molar-refractivity contribution in [1.29, 1.82) is 0 Å². The minimum absolute atomic E-state index is 0.0573. The van der Waals surface area contributed by atoms with Gasteiger partial charge in [0.15, 0.2) is 0 Å². The van der Waals surface area contributed by atoms with Crippen LogP contribution in [0, 0.1) is 11.8 Å². The van der Waals surface area contributed by atoms with E-state index in [9.17, 15) is 19.5 Å². The summed E-state index contributed by atoms with van der Waals surface area (Å²) in [6.45, 7) is 0. The maximum atomic E-state index is 14.1. The lowest BCUT2D eigenvalue weighted by molar-refractivity contribution is -0.152. The number of imide groups is 1. The van der Waals surface area contributed by atoms with E-state index < -0.39 is 29.4 Å². The number of benzene rings is 2. The standard InChI is InChI=1S/C30H29N3O5/c34-27-24-25(28(35)33(27)19-9-2-1-3-10-19)30(29(36)37,15-18-16-31-21-12-6-5-11-20(18)21)32-26(24)23-14-17-8-4-7-13-22(17)38-23/h4-8,11-14,16,19,24-26,31-32H,1-3,9-10,15H2,(H,36,37). The lowest BCUT2D eigenvalue weighted by Gasteiger charge is -2.34. The van der Waals surface area contributed by atoms with E-state index in [2.05, 4.69) is 10.3 Å². The molecule has 1 saturated carbocycles. The van der Waals surface area contributed by atoms with Crippen molar-refractivity contribution < 1.29 is 23.9 Å². The number of carboxylic acids is 1. The lowest BCUT2D eigenvalue weighted by Crippen LogP contribution is -2.58. The number of likely N-dealkylation sites (tertiary alicyclic amines) is 1. The number of hydrogen-bond donors (Lipinski definition) is 3. The number of fused-ring (bicyclic) bond motifs is 3. The molecule has 8 heteroatoms. The van der Waals surface area contributed by atoms with Crippen LogP contribution in [0.2, 0.25) is 0 Å². The zero-order valence-electron chi connectivity index (χ0n) is 20.9. The first-order valence-corrected chi connectivity index (χ1v) is 13.4. The molecule has 4 unspecified atom stereocenters. The molecule has 2 aliphatic heterocycles. The largest absolute Gasteiger partial charge is 0.480 e. The number of para-hydroxylation sites is 2. The Balaban J connectivity index is 1.37. The monoisotopic (exact) mass is 511 g/mol.